The predicted molar refractivity (Wildman–Crippen MR) is 74.4 cm³/mol. The van der Waals surface area contributed by atoms with Crippen LogP contribution >= 0.6 is 0 Å². The van der Waals surface area contributed by atoms with Gasteiger partial charge >= 0.3 is 11.9 Å². The molecule has 7 heteroatoms. The van der Waals surface area contributed by atoms with Gasteiger partial charge in [0.1, 0.15) is 0 Å². The third kappa shape index (κ3) is 4.52. The molecule has 1 fully saturated rings. The van der Waals surface area contributed by atoms with E-state index in [2.05, 4.69) is 21.4 Å². The normalized spacial score (nSPS) is 18.3. The van der Waals surface area contributed by atoms with Crippen molar-refractivity contribution in [2.45, 2.75) is 25.2 Å². The van der Waals surface area contributed by atoms with Gasteiger partial charge in [-0.1, -0.05) is 6.08 Å². The molecule has 1 aliphatic rings. The molecule has 1 aliphatic heterocycles. The molecule has 1 rings (SSSR count). The zero-order chi connectivity index (χ0) is 15.9. The summed E-state index contributed by atoms with van der Waals surface area (Å²) in [5, 5.41) is 2.85. The Morgan fingerprint density at radius 3 is 2.24 bits per heavy atom. The Balaban J connectivity index is 2.71. The van der Waals surface area contributed by atoms with Gasteiger partial charge in [0.25, 0.3) is 0 Å². The number of ether oxygens (including phenoxy) is 4. The van der Waals surface area contributed by atoms with E-state index in [4.69, 9.17) is 9.47 Å². The van der Waals surface area contributed by atoms with Crippen LogP contribution in [0, 0.1) is 5.92 Å². The van der Waals surface area contributed by atoms with Crippen LogP contribution in [-0.2, 0) is 28.5 Å². The van der Waals surface area contributed by atoms with Gasteiger partial charge in [0.05, 0.1) is 27.4 Å². The van der Waals surface area contributed by atoms with Crippen LogP contribution in [0.1, 0.15) is 13.3 Å². The molecule has 0 spiro atoms. The summed E-state index contributed by atoms with van der Waals surface area (Å²) in [5.41, 5.74) is 0. The molecule has 0 bridgehead atoms. The average molecular weight is 301 g/mol. The van der Waals surface area contributed by atoms with Gasteiger partial charge in [-0.25, -0.2) is 9.59 Å². The van der Waals surface area contributed by atoms with Crippen LogP contribution in [0.3, 0.4) is 0 Å². The first kappa shape index (κ1) is 17.6. The van der Waals surface area contributed by atoms with Gasteiger partial charge in [0.2, 0.25) is 6.04 Å². The minimum absolute atomic E-state index is 0.102. The lowest BCUT2D eigenvalue weighted by Crippen LogP contribution is -2.50. The van der Waals surface area contributed by atoms with Crippen molar-refractivity contribution in [3.8, 4) is 0 Å². The Morgan fingerprint density at radius 2 is 1.81 bits per heavy atom. The Labute approximate surface area is 124 Å². The standard InChI is InChI=1S/C14H23NO6/c1-5-6-10(14(2)20-7-8-21-14)9-15-11(12(16)18-3)13(17)19-4/h5,10-11,15H,1,6-9H2,2-4H3. The minimum atomic E-state index is -1.17. The number of rotatable bonds is 8. The average Bonchev–Trinajstić information content (AvgIpc) is 2.93. The maximum absolute atomic E-state index is 11.6. The molecule has 7 nitrogen and oxygen atoms in total. The van der Waals surface area contributed by atoms with Crippen molar-refractivity contribution in [2.75, 3.05) is 34.0 Å². The summed E-state index contributed by atoms with van der Waals surface area (Å²) in [7, 11) is 2.43. The largest absolute Gasteiger partial charge is 0.467 e. The monoisotopic (exact) mass is 301 g/mol. The topological polar surface area (TPSA) is 83.1 Å². The van der Waals surface area contributed by atoms with Gasteiger partial charge in [0, 0.05) is 12.5 Å². The molecule has 0 radical (unpaired) electrons. The lowest BCUT2D eigenvalue weighted by atomic mass is 9.95. The van der Waals surface area contributed by atoms with Crippen LogP contribution in [-0.4, -0.2) is 57.7 Å². The summed E-state index contributed by atoms with van der Waals surface area (Å²) in [6, 6.07) is -1.17. The highest BCUT2D eigenvalue weighted by Gasteiger charge is 2.40. The minimum Gasteiger partial charge on any atom is -0.467 e. The van der Waals surface area contributed by atoms with Crippen molar-refractivity contribution in [3.63, 3.8) is 0 Å². The highest BCUT2D eigenvalue weighted by molar-refractivity contribution is 5.99. The molecule has 1 atom stereocenters. The summed E-state index contributed by atoms with van der Waals surface area (Å²) >= 11 is 0. The number of hydrogen-bond donors (Lipinski definition) is 1. The quantitative estimate of drug-likeness (QED) is 0.391. The van der Waals surface area contributed by atoms with Gasteiger partial charge in [-0.05, 0) is 13.3 Å². The second-order valence-corrected chi connectivity index (χ2v) is 4.82. The molecule has 0 aromatic carbocycles. The fourth-order valence-corrected chi connectivity index (χ4v) is 2.21. The fraction of sp³-hybridized carbons (Fsp3) is 0.714. The molecular formula is C14H23NO6. The maximum Gasteiger partial charge on any atom is 0.334 e. The Kier molecular flexibility index (Phi) is 6.80. The molecule has 0 aliphatic carbocycles. The number of esters is 2. The first-order chi connectivity index (χ1) is 9.98. The number of methoxy groups -OCH3 is 2. The fourth-order valence-electron chi connectivity index (χ4n) is 2.21. The number of nitrogens with one attached hydrogen (secondary N) is 1. The van der Waals surface area contributed by atoms with Crippen molar-refractivity contribution in [3.05, 3.63) is 12.7 Å². The Morgan fingerprint density at radius 1 is 1.29 bits per heavy atom. The van der Waals surface area contributed by atoms with Crippen molar-refractivity contribution in [1.82, 2.24) is 5.32 Å². The van der Waals surface area contributed by atoms with E-state index < -0.39 is 23.8 Å². The third-order valence-corrected chi connectivity index (χ3v) is 3.50. The predicted octanol–water partition coefficient (Wildman–Crippen LogP) is 0.246. The van der Waals surface area contributed by atoms with Gasteiger partial charge in [-0.15, -0.1) is 6.58 Å². The highest BCUT2D eigenvalue weighted by Crippen LogP contribution is 2.30. The van der Waals surface area contributed by atoms with E-state index in [-0.39, 0.29) is 5.92 Å². The van der Waals surface area contributed by atoms with Crippen molar-refractivity contribution >= 4 is 11.9 Å². The second-order valence-electron chi connectivity index (χ2n) is 4.82. The van der Waals surface area contributed by atoms with Crippen molar-refractivity contribution < 1.29 is 28.5 Å². The van der Waals surface area contributed by atoms with E-state index in [0.29, 0.717) is 26.2 Å². The van der Waals surface area contributed by atoms with Crippen molar-refractivity contribution in [2.24, 2.45) is 5.92 Å². The lowest BCUT2D eigenvalue weighted by molar-refractivity contribution is -0.181. The van der Waals surface area contributed by atoms with Crippen LogP contribution < -0.4 is 5.32 Å². The SMILES string of the molecule is C=CCC(CNC(C(=O)OC)C(=O)OC)C1(C)OCCO1. The molecule has 1 N–H and O–H groups in total. The highest BCUT2D eigenvalue weighted by atomic mass is 16.7. The van der Waals surface area contributed by atoms with Crippen molar-refractivity contribution in [1.29, 1.82) is 0 Å². The van der Waals surface area contributed by atoms with Crippen LogP contribution in [0.2, 0.25) is 0 Å². The molecule has 21 heavy (non-hydrogen) atoms. The third-order valence-electron chi connectivity index (χ3n) is 3.50. The van der Waals surface area contributed by atoms with Gasteiger partial charge in [-0.2, -0.15) is 0 Å². The van der Waals surface area contributed by atoms with Gasteiger partial charge in [-0.3, -0.25) is 5.32 Å². The number of carbonyl (C=O) groups excluding carboxylic acids is 2. The molecule has 0 saturated carbocycles. The second kappa shape index (κ2) is 8.11. The molecule has 0 amide bonds. The zero-order valence-corrected chi connectivity index (χ0v) is 12.7. The Hall–Kier alpha value is -1.44. The van der Waals surface area contributed by atoms with E-state index in [1.165, 1.54) is 14.2 Å². The maximum atomic E-state index is 11.6. The first-order valence-electron chi connectivity index (χ1n) is 6.76. The van der Waals surface area contributed by atoms with Crippen LogP contribution in [0.5, 0.6) is 0 Å². The molecule has 0 aromatic heterocycles. The van der Waals surface area contributed by atoms with Crippen LogP contribution in [0.4, 0.5) is 0 Å². The zero-order valence-electron chi connectivity index (χ0n) is 12.7. The summed E-state index contributed by atoms with van der Waals surface area (Å²) in [6.07, 6.45) is 2.35. The van der Waals surface area contributed by atoms with Crippen LogP contribution in [0.15, 0.2) is 12.7 Å². The van der Waals surface area contributed by atoms with E-state index in [0.717, 1.165) is 0 Å². The van der Waals surface area contributed by atoms with E-state index in [9.17, 15) is 9.59 Å². The Bertz CT molecular complexity index is 362. The molecule has 1 saturated heterocycles. The summed E-state index contributed by atoms with van der Waals surface area (Å²) in [6.45, 7) is 6.89. The summed E-state index contributed by atoms with van der Waals surface area (Å²) in [5.74, 6) is -2.26. The summed E-state index contributed by atoms with van der Waals surface area (Å²) in [4.78, 5) is 23.2. The van der Waals surface area contributed by atoms with Crippen LogP contribution in [0.25, 0.3) is 0 Å². The first-order valence-corrected chi connectivity index (χ1v) is 6.76. The number of hydrogen-bond acceptors (Lipinski definition) is 7. The number of allylic oxidation sites excluding steroid dienone is 1. The molecule has 120 valence electrons. The number of carbonyl (C=O) groups is 2. The van der Waals surface area contributed by atoms with E-state index in [1.807, 2.05) is 6.92 Å². The van der Waals surface area contributed by atoms with Gasteiger partial charge < -0.3 is 18.9 Å². The van der Waals surface area contributed by atoms with E-state index >= 15 is 0 Å². The molecule has 1 heterocycles. The van der Waals surface area contributed by atoms with Gasteiger partial charge in [0.15, 0.2) is 5.79 Å². The molecule has 0 aromatic rings. The molecular weight excluding hydrogens is 278 g/mol. The lowest BCUT2D eigenvalue weighted by Gasteiger charge is -2.32. The smallest absolute Gasteiger partial charge is 0.334 e. The summed E-state index contributed by atoms with van der Waals surface area (Å²) < 4.78 is 20.4. The van der Waals surface area contributed by atoms with E-state index in [1.54, 1.807) is 6.08 Å². The molecule has 1 unspecified atom stereocenters.